The van der Waals surface area contributed by atoms with E-state index in [0.29, 0.717) is 12.4 Å². The third-order valence-electron chi connectivity index (χ3n) is 9.44. The summed E-state index contributed by atoms with van der Waals surface area (Å²) < 4.78 is 5.88. The second kappa shape index (κ2) is 13.7. The van der Waals surface area contributed by atoms with Crippen molar-refractivity contribution < 1.29 is 4.74 Å². The van der Waals surface area contributed by atoms with Gasteiger partial charge in [0.2, 0.25) is 0 Å². The molecule has 4 aromatic carbocycles. The van der Waals surface area contributed by atoms with Gasteiger partial charge in [-0.2, -0.15) is 12.6 Å². The molecule has 2 aliphatic rings. The number of thiol groups is 1. The monoisotopic (exact) mass is 690 g/mol. The third-order valence-corrected chi connectivity index (χ3v) is 9.63. The minimum atomic E-state index is 0.547. The summed E-state index contributed by atoms with van der Waals surface area (Å²) in [6.07, 6.45) is 8.50. The Balaban J connectivity index is 1.43. The first-order chi connectivity index (χ1) is 25.7. The molecule has 0 aliphatic carbocycles. The van der Waals surface area contributed by atoms with Gasteiger partial charge in [0.25, 0.3) is 0 Å². The summed E-state index contributed by atoms with van der Waals surface area (Å²) in [5.41, 5.74) is 15.7. The number of nitrogens with zero attached hydrogens (tertiary/aromatic N) is 2. The summed E-state index contributed by atoms with van der Waals surface area (Å²) in [5, 5.41) is 0. The molecule has 250 valence electrons. The van der Waals surface area contributed by atoms with E-state index in [-0.39, 0.29) is 0 Å². The fourth-order valence-electron chi connectivity index (χ4n) is 7.12. The molecule has 0 amide bonds. The molecule has 0 radical (unpaired) electrons. The van der Waals surface area contributed by atoms with Gasteiger partial charge in [0.15, 0.2) is 0 Å². The van der Waals surface area contributed by atoms with Crippen molar-refractivity contribution in [2.75, 3.05) is 12.4 Å². The number of fused-ring (bicyclic) bond motifs is 8. The van der Waals surface area contributed by atoms with E-state index in [1.807, 2.05) is 30.3 Å². The molecule has 0 atom stereocenters. The average Bonchev–Trinajstić information content (AvgIpc) is 4.04. The Kier molecular flexibility index (Phi) is 8.35. The standard InChI is InChI=1S/C46H34N4OS/c52-29-28-51-34-18-16-33(17-19-34)46-41-26-24-39(49-41)44(31-12-6-2-7-13-31)37-22-20-35(47-37)43(30-10-4-1-5-11-30)36-21-23-38(48-36)45(32-14-8-3-9-15-32)40-25-27-42(46)50-40/h1-27,47,50,52H,28-29H2. The van der Waals surface area contributed by atoms with Crippen LogP contribution in [-0.4, -0.2) is 32.3 Å². The topological polar surface area (TPSA) is 66.6 Å². The number of hydrogen-bond acceptors (Lipinski definition) is 4. The Morgan fingerprint density at radius 3 is 1.06 bits per heavy atom. The molecular weight excluding hydrogens is 657 g/mol. The summed E-state index contributed by atoms with van der Waals surface area (Å²) in [6, 6.07) is 48.3. The average molecular weight is 691 g/mol. The van der Waals surface area contributed by atoms with Gasteiger partial charge >= 0.3 is 0 Å². The van der Waals surface area contributed by atoms with Gasteiger partial charge in [-0.1, -0.05) is 103 Å². The van der Waals surface area contributed by atoms with Crippen molar-refractivity contribution in [3.05, 3.63) is 162 Å². The van der Waals surface area contributed by atoms with E-state index in [0.717, 1.165) is 95.1 Å². The lowest BCUT2D eigenvalue weighted by Crippen LogP contribution is -1.97. The van der Waals surface area contributed by atoms with E-state index in [1.165, 1.54) is 0 Å². The van der Waals surface area contributed by atoms with Crippen molar-refractivity contribution in [1.82, 2.24) is 19.9 Å². The van der Waals surface area contributed by atoms with Crippen LogP contribution < -0.4 is 4.74 Å². The molecule has 3 aromatic heterocycles. The first-order valence-electron chi connectivity index (χ1n) is 17.4. The van der Waals surface area contributed by atoms with E-state index >= 15 is 0 Å². The second-order valence-corrected chi connectivity index (χ2v) is 13.1. The van der Waals surface area contributed by atoms with Crippen LogP contribution >= 0.6 is 12.6 Å². The molecule has 5 nitrogen and oxygen atoms in total. The van der Waals surface area contributed by atoms with Crippen LogP contribution in [0.2, 0.25) is 0 Å². The Labute approximate surface area is 307 Å². The molecule has 2 aliphatic heterocycles. The fourth-order valence-corrected chi connectivity index (χ4v) is 7.21. The molecule has 2 N–H and O–H groups in total. The highest BCUT2D eigenvalue weighted by Crippen LogP contribution is 2.38. The van der Waals surface area contributed by atoms with Gasteiger partial charge in [0.1, 0.15) is 5.75 Å². The highest BCUT2D eigenvalue weighted by molar-refractivity contribution is 7.80. The van der Waals surface area contributed by atoms with Crippen LogP contribution in [0.15, 0.2) is 140 Å². The summed E-state index contributed by atoms with van der Waals surface area (Å²) in [7, 11) is 0. The van der Waals surface area contributed by atoms with Gasteiger partial charge < -0.3 is 14.7 Å². The maximum atomic E-state index is 5.88. The van der Waals surface area contributed by atoms with Crippen molar-refractivity contribution in [3.63, 3.8) is 0 Å². The Morgan fingerprint density at radius 1 is 0.404 bits per heavy atom. The molecule has 0 saturated carbocycles. The summed E-state index contributed by atoms with van der Waals surface area (Å²) >= 11 is 4.31. The molecule has 0 saturated heterocycles. The highest BCUT2D eigenvalue weighted by atomic mass is 32.1. The van der Waals surface area contributed by atoms with Gasteiger partial charge in [0.05, 0.1) is 29.4 Å². The number of hydrogen-bond donors (Lipinski definition) is 3. The third kappa shape index (κ3) is 5.93. The van der Waals surface area contributed by atoms with Gasteiger partial charge in [-0.3, -0.25) is 0 Å². The lowest BCUT2D eigenvalue weighted by Gasteiger charge is -2.08. The second-order valence-electron chi connectivity index (χ2n) is 12.7. The maximum Gasteiger partial charge on any atom is 0.119 e. The molecule has 52 heavy (non-hydrogen) atoms. The van der Waals surface area contributed by atoms with E-state index in [1.54, 1.807) is 0 Å². The number of H-pyrrole nitrogens is 2. The molecular formula is C46H34N4OS. The van der Waals surface area contributed by atoms with Crippen LogP contribution in [0.25, 0.3) is 90.9 Å². The summed E-state index contributed by atoms with van der Waals surface area (Å²) in [4.78, 5) is 18.4. The van der Waals surface area contributed by atoms with E-state index in [2.05, 4.69) is 156 Å². The highest BCUT2D eigenvalue weighted by Gasteiger charge is 2.18. The van der Waals surface area contributed by atoms with Gasteiger partial charge in [-0.25, -0.2) is 9.97 Å². The predicted octanol–water partition coefficient (Wildman–Crippen LogP) is 11.6. The zero-order chi connectivity index (χ0) is 34.9. The zero-order valence-electron chi connectivity index (χ0n) is 28.3. The van der Waals surface area contributed by atoms with Crippen LogP contribution in [0.3, 0.4) is 0 Å². The van der Waals surface area contributed by atoms with Crippen molar-refractivity contribution in [3.8, 4) is 50.3 Å². The van der Waals surface area contributed by atoms with Crippen molar-refractivity contribution >= 4 is 59.0 Å². The van der Waals surface area contributed by atoms with Crippen molar-refractivity contribution in [2.45, 2.75) is 0 Å². The lowest BCUT2D eigenvalue weighted by molar-refractivity contribution is 0.344. The number of nitrogens with one attached hydrogen (secondary N) is 2. The molecule has 8 bridgehead atoms. The van der Waals surface area contributed by atoms with Crippen LogP contribution in [0.5, 0.6) is 5.75 Å². The Bertz CT molecular complexity index is 2600. The molecule has 7 aromatic rings. The molecule has 5 heterocycles. The van der Waals surface area contributed by atoms with Crippen LogP contribution in [0.4, 0.5) is 0 Å². The minimum absolute atomic E-state index is 0.547. The van der Waals surface area contributed by atoms with Crippen LogP contribution in [-0.2, 0) is 0 Å². The van der Waals surface area contributed by atoms with E-state index < -0.39 is 0 Å². The van der Waals surface area contributed by atoms with E-state index in [4.69, 9.17) is 14.7 Å². The number of aromatic amines is 2. The number of ether oxygens (including phenoxy) is 1. The Morgan fingerprint density at radius 2 is 0.731 bits per heavy atom. The number of aromatic nitrogens is 4. The molecule has 0 spiro atoms. The summed E-state index contributed by atoms with van der Waals surface area (Å²) in [6.45, 7) is 0.547. The molecule has 0 fully saturated rings. The van der Waals surface area contributed by atoms with Gasteiger partial charge in [-0.15, -0.1) is 0 Å². The maximum absolute atomic E-state index is 5.88. The van der Waals surface area contributed by atoms with Gasteiger partial charge in [-0.05, 0) is 83.0 Å². The molecule has 9 rings (SSSR count). The predicted molar refractivity (Wildman–Crippen MR) is 220 cm³/mol. The van der Waals surface area contributed by atoms with Crippen LogP contribution in [0, 0.1) is 0 Å². The van der Waals surface area contributed by atoms with Crippen molar-refractivity contribution in [2.24, 2.45) is 0 Å². The molecule has 6 heteroatoms. The normalized spacial score (nSPS) is 11.9. The quantitative estimate of drug-likeness (QED) is 0.146. The summed E-state index contributed by atoms with van der Waals surface area (Å²) in [5.74, 6) is 1.46. The fraction of sp³-hybridized carbons (Fsp3) is 0.0435. The Hall–Kier alpha value is -6.37. The SMILES string of the molecule is SCCOc1ccc(-c2c3nc(c(-c4ccccc4)c4ccc([nH]4)c(-c4ccccc4)c4nc(c(-c5ccccc5)c5ccc2[nH]5)C=C4)C=C3)cc1. The van der Waals surface area contributed by atoms with Crippen molar-refractivity contribution in [1.29, 1.82) is 0 Å². The zero-order valence-corrected chi connectivity index (χ0v) is 29.1. The number of rotatable bonds is 7. The first kappa shape index (κ1) is 31.6. The number of benzene rings is 4. The lowest BCUT2D eigenvalue weighted by atomic mass is 10.0. The largest absolute Gasteiger partial charge is 0.493 e. The minimum Gasteiger partial charge on any atom is -0.493 e. The smallest absolute Gasteiger partial charge is 0.119 e. The van der Waals surface area contributed by atoms with E-state index in [9.17, 15) is 0 Å². The molecule has 0 unspecified atom stereocenters. The van der Waals surface area contributed by atoms with Crippen LogP contribution in [0.1, 0.15) is 22.8 Å². The van der Waals surface area contributed by atoms with Gasteiger partial charge in [0, 0.05) is 50.1 Å². The first-order valence-corrected chi connectivity index (χ1v) is 18.0.